The third-order valence-electron chi connectivity index (χ3n) is 4.92. The van der Waals surface area contributed by atoms with E-state index < -0.39 is 0 Å². The van der Waals surface area contributed by atoms with E-state index in [9.17, 15) is 0 Å². The minimum atomic E-state index is -0.0194. The lowest BCUT2D eigenvalue weighted by molar-refractivity contribution is 0.0936. The first-order chi connectivity index (χ1) is 12.3. The second kappa shape index (κ2) is 10.8. The molecule has 0 radical (unpaired) electrons. The van der Waals surface area contributed by atoms with Gasteiger partial charge in [-0.1, -0.05) is 19.1 Å². The number of hydrogen-bond acceptors (Lipinski definition) is 4. The van der Waals surface area contributed by atoms with Crippen LogP contribution in [0.3, 0.4) is 0 Å². The zero-order valence-corrected chi connectivity index (χ0v) is 18.1. The summed E-state index contributed by atoms with van der Waals surface area (Å²) in [6, 6.07) is 8.36. The van der Waals surface area contributed by atoms with Gasteiger partial charge >= 0.3 is 0 Å². The van der Waals surface area contributed by atoms with Gasteiger partial charge in [0, 0.05) is 19.6 Å². The van der Waals surface area contributed by atoms with Crippen molar-refractivity contribution in [2.45, 2.75) is 38.3 Å². The van der Waals surface area contributed by atoms with Gasteiger partial charge in [0.15, 0.2) is 17.5 Å². The lowest BCUT2D eigenvalue weighted by Gasteiger charge is -2.29. The molecule has 6 nitrogen and oxygen atoms in total. The van der Waals surface area contributed by atoms with E-state index in [1.807, 2.05) is 24.3 Å². The maximum absolute atomic E-state index is 5.98. The van der Waals surface area contributed by atoms with Crippen molar-refractivity contribution in [2.75, 3.05) is 39.8 Å². The predicted octanol–water partition coefficient (Wildman–Crippen LogP) is 2.48. The molecular formula is C19H31IN4O2. The normalized spacial score (nSPS) is 21.0. The van der Waals surface area contributed by atoms with E-state index in [2.05, 4.69) is 27.4 Å². The fourth-order valence-electron chi connectivity index (χ4n) is 3.45. The number of nitrogens with zero attached hydrogens (tertiary/aromatic N) is 2. The summed E-state index contributed by atoms with van der Waals surface area (Å²) in [6.07, 6.45) is 3.78. The molecule has 146 valence electrons. The average molecular weight is 474 g/mol. The molecule has 0 bridgehead atoms. The Morgan fingerprint density at radius 2 is 1.96 bits per heavy atom. The highest BCUT2D eigenvalue weighted by atomic mass is 127. The fraction of sp³-hybridized carbons (Fsp3) is 0.632. The molecule has 0 aromatic heterocycles. The summed E-state index contributed by atoms with van der Waals surface area (Å²) in [5.74, 6) is 2.45. The Hall–Kier alpha value is -1.22. The number of rotatable bonds is 6. The van der Waals surface area contributed by atoms with Crippen LogP contribution >= 0.6 is 24.0 Å². The van der Waals surface area contributed by atoms with E-state index >= 15 is 0 Å². The summed E-state index contributed by atoms with van der Waals surface area (Å²) in [6.45, 7) is 6.82. The largest absolute Gasteiger partial charge is 0.486 e. The van der Waals surface area contributed by atoms with E-state index in [0.717, 1.165) is 30.4 Å². The van der Waals surface area contributed by atoms with Crippen molar-refractivity contribution in [2.24, 2.45) is 4.99 Å². The monoisotopic (exact) mass is 474 g/mol. The Kier molecular flexibility index (Phi) is 8.77. The van der Waals surface area contributed by atoms with Gasteiger partial charge in [0.1, 0.15) is 12.7 Å². The van der Waals surface area contributed by atoms with Crippen molar-refractivity contribution in [3.63, 3.8) is 0 Å². The molecule has 2 aliphatic heterocycles. The smallest absolute Gasteiger partial charge is 0.191 e. The van der Waals surface area contributed by atoms with Crippen LogP contribution in [0.15, 0.2) is 29.3 Å². The maximum Gasteiger partial charge on any atom is 0.191 e. The van der Waals surface area contributed by atoms with Crippen LogP contribution in [0, 0.1) is 0 Å². The van der Waals surface area contributed by atoms with Crippen LogP contribution in [0.4, 0.5) is 0 Å². The molecule has 0 saturated carbocycles. The van der Waals surface area contributed by atoms with Crippen molar-refractivity contribution in [1.29, 1.82) is 0 Å². The van der Waals surface area contributed by atoms with Gasteiger partial charge in [-0.15, -0.1) is 24.0 Å². The highest BCUT2D eigenvalue weighted by Gasteiger charge is 2.22. The molecule has 7 heteroatoms. The Bertz CT molecular complexity index is 578. The Morgan fingerprint density at radius 1 is 1.23 bits per heavy atom. The molecule has 2 N–H and O–H groups in total. The van der Waals surface area contributed by atoms with Crippen molar-refractivity contribution >= 4 is 29.9 Å². The van der Waals surface area contributed by atoms with Crippen LogP contribution in [0.5, 0.6) is 11.5 Å². The molecule has 1 fully saturated rings. The van der Waals surface area contributed by atoms with Gasteiger partial charge in [0.25, 0.3) is 0 Å². The molecule has 1 aromatic rings. The van der Waals surface area contributed by atoms with E-state index in [-0.39, 0.29) is 30.1 Å². The number of nitrogens with one attached hydrogen (secondary N) is 2. The third-order valence-corrected chi connectivity index (χ3v) is 4.92. The van der Waals surface area contributed by atoms with E-state index in [0.29, 0.717) is 19.2 Å². The van der Waals surface area contributed by atoms with Crippen LogP contribution in [0.2, 0.25) is 0 Å². The van der Waals surface area contributed by atoms with Crippen LogP contribution < -0.4 is 20.1 Å². The molecule has 0 aliphatic carbocycles. The lowest BCUT2D eigenvalue weighted by Crippen LogP contribution is -2.49. The van der Waals surface area contributed by atoms with E-state index in [1.54, 1.807) is 7.05 Å². The molecule has 1 saturated heterocycles. The summed E-state index contributed by atoms with van der Waals surface area (Å²) in [5, 5.41) is 6.81. The summed E-state index contributed by atoms with van der Waals surface area (Å²) < 4.78 is 11.7. The molecule has 2 aliphatic rings. The molecular weight excluding hydrogens is 443 g/mol. The minimum Gasteiger partial charge on any atom is -0.486 e. The van der Waals surface area contributed by atoms with Crippen molar-refractivity contribution in [3.8, 4) is 11.5 Å². The molecule has 3 rings (SSSR count). The standard InChI is InChI=1S/C19H30N4O2.HI/c1-3-15(23-10-6-7-11-23)12-21-19(20-2)22-13-16-14-24-17-8-4-5-9-18(17)25-16;/h4-5,8-9,15-16H,3,6-7,10-14H2,1-2H3,(H2,20,21,22);1H. The number of hydrogen-bond donors (Lipinski definition) is 2. The first-order valence-electron chi connectivity index (χ1n) is 9.37. The number of guanidine groups is 1. The predicted molar refractivity (Wildman–Crippen MR) is 116 cm³/mol. The van der Waals surface area contributed by atoms with Gasteiger partial charge in [0.05, 0.1) is 6.54 Å². The SMILES string of the molecule is CCC(CNC(=NC)NCC1COc2ccccc2O1)N1CCCC1.I. The molecule has 26 heavy (non-hydrogen) atoms. The van der Waals surface area contributed by atoms with Gasteiger partial charge in [-0.25, -0.2) is 0 Å². The summed E-state index contributed by atoms with van der Waals surface area (Å²) >= 11 is 0. The first-order valence-corrected chi connectivity index (χ1v) is 9.37. The summed E-state index contributed by atoms with van der Waals surface area (Å²) in [5.41, 5.74) is 0. The highest BCUT2D eigenvalue weighted by Crippen LogP contribution is 2.30. The van der Waals surface area contributed by atoms with Gasteiger partial charge in [-0.3, -0.25) is 9.89 Å². The highest BCUT2D eigenvalue weighted by molar-refractivity contribution is 14.0. The van der Waals surface area contributed by atoms with Crippen molar-refractivity contribution in [3.05, 3.63) is 24.3 Å². The van der Waals surface area contributed by atoms with Crippen LogP contribution in [0.25, 0.3) is 0 Å². The first kappa shape index (κ1) is 21.1. The third kappa shape index (κ3) is 5.64. The van der Waals surface area contributed by atoms with Crippen LogP contribution in [-0.2, 0) is 0 Å². The number of para-hydroxylation sites is 2. The number of halogens is 1. The second-order valence-electron chi connectivity index (χ2n) is 6.64. The molecule has 2 unspecified atom stereocenters. The minimum absolute atomic E-state index is 0. The number of likely N-dealkylation sites (tertiary alicyclic amines) is 1. The lowest BCUT2D eigenvalue weighted by atomic mass is 10.2. The maximum atomic E-state index is 5.98. The van der Waals surface area contributed by atoms with E-state index in [4.69, 9.17) is 9.47 Å². The topological polar surface area (TPSA) is 58.1 Å². The molecule has 0 spiro atoms. The van der Waals surface area contributed by atoms with E-state index in [1.165, 1.54) is 25.9 Å². The summed E-state index contributed by atoms with van der Waals surface area (Å²) in [4.78, 5) is 6.91. The number of benzene rings is 1. The Morgan fingerprint density at radius 3 is 2.65 bits per heavy atom. The fourth-order valence-corrected chi connectivity index (χ4v) is 3.45. The molecule has 1 aromatic carbocycles. The zero-order chi connectivity index (χ0) is 17.5. The van der Waals surface area contributed by atoms with Gasteiger partial charge in [0.2, 0.25) is 0 Å². The van der Waals surface area contributed by atoms with Gasteiger partial charge < -0.3 is 20.1 Å². The van der Waals surface area contributed by atoms with Gasteiger partial charge in [-0.2, -0.15) is 0 Å². The number of ether oxygens (including phenoxy) is 2. The average Bonchev–Trinajstić information content (AvgIpc) is 3.19. The Labute approximate surface area is 173 Å². The number of fused-ring (bicyclic) bond motifs is 1. The van der Waals surface area contributed by atoms with Crippen molar-refractivity contribution in [1.82, 2.24) is 15.5 Å². The summed E-state index contributed by atoms with van der Waals surface area (Å²) in [7, 11) is 1.81. The van der Waals surface area contributed by atoms with Crippen molar-refractivity contribution < 1.29 is 9.47 Å². The van der Waals surface area contributed by atoms with Crippen LogP contribution in [0.1, 0.15) is 26.2 Å². The van der Waals surface area contributed by atoms with Gasteiger partial charge in [-0.05, 0) is 44.5 Å². The quantitative estimate of drug-likeness (QED) is 0.377. The van der Waals surface area contributed by atoms with Crippen LogP contribution in [-0.4, -0.2) is 62.8 Å². The molecule has 2 atom stereocenters. The molecule has 0 amide bonds. The Balaban J connectivity index is 0.00000243. The molecule has 2 heterocycles. The second-order valence-corrected chi connectivity index (χ2v) is 6.64. The zero-order valence-electron chi connectivity index (χ0n) is 15.7. The number of aliphatic imine (C=N–C) groups is 1.